The molecule has 1 aliphatic heterocycles. The molecule has 1 fully saturated rings. The molecule has 0 saturated carbocycles. The minimum Gasteiger partial charge on any atom is -0.384 e. The summed E-state index contributed by atoms with van der Waals surface area (Å²) in [5, 5.41) is 8.38. The fourth-order valence-corrected chi connectivity index (χ4v) is 5.25. The van der Waals surface area contributed by atoms with Crippen LogP contribution in [0, 0.1) is 12.8 Å². The molecule has 0 amide bonds. The van der Waals surface area contributed by atoms with Crippen LogP contribution in [0.3, 0.4) is 0 Å². The van der Waals surface area contributed by atoms with Gasteiger partial charge >= 0.3 is 0 Å². The Bertz CT molecular complexity index is 1540. The van der Waals surface area contributed by atoms with Crippen molar-refractivity contribution in [1.82, 2.24) is 4.90 Å². The maximum absolute atomic E-state index is 6.29. The number of amidine groups is 2. The number of nitrogens with two attached hydrogens (primary N) is 2. The first-order valence-electron chi connectivity index (χ1n) is 15.3. The van der Waals surface area contributed by atoms with Crippen LogP contribution in [0.4, 0.5) is 11.4 Å². The van der Waals surface area contributed by atoms with Crippen LogP contribution in [0.2, 0.25) is 0 Å². The summed E-state index contributed by atoms with van der Waals surface area (Å²) in [5.74, 6) is 1.78. The fourth-order valence-electron chi connectivity index (χ4n) is 5.25. The third-order valence-corrected chi connectivity index (χ3v) is 8.02. The summed E-state index contributed by atoms with van der Waals surface area (Å²) in [4.78, 5) is 11.7. The summed E-state index contributed by atoms with van der Waals surface area (Å²) in [5.41, 5.74) is 22.5. The van der Waals surface area contributed by atoms with Gasteiger partial charge in [-0.2, -0.15) is 0 Å². The largest absolute Gasteiger partial charge is 0.384 e. The summed E-state index contributed by atoms with van der Waals surface area (Å²) >= 11 is 0. The number of aryl methyl sites for hydroxylation is 1. The van der Waals surface area contributed by atoms with E-state index in [-0.39, 0.29) is 0 Å². The Kier molecular flexibility index (Phi) is 10.9. The zero-order valence-corrected chi connectivity index (χ0v) is 25.4. The van der Waals surface area contributed by atoms with E-state index >= 15 is 0 Å². The average Bonchev–Trinajstić information content (AvgIpc) is 3.06. The van der Waals surface area contributed by atoms with Crippen LogP contribution < -0.4 is 16.9 Å². The van der Waals surface area contributed by atoms with Gasteiger partial charge in [-0.1, -0.05) is 65.4 Å². The van der Waals surface area contributed by atoms with Gasteiger partial charge in [0, 0.05) is 24.2 Å². The molecular weight excluding hydrogens is 544 g/mol. The van der Waals surface area contributed by atoms with Crippen LogP contribution in [-0.4, -0.2) is 36.2 Å². The van der Waals surface area contributed by atoms with Crippen LogP contribution in [0.25, 0.3) is 0 Å². The Labute approximate surface area is 260 Å². The maximum atomic E-state index is 6.29. The molecule has 0 spiro atoms. The Morgan fingerprint density at radius 2 is 1.39 bits per heavy atom. The standard InChI is InChI=1S/C36H42N8/c1-27-7-9-29(10-8-27)25-40-36(38)32-13-17-34(18-14-32)42-43-41-33-15-11-31(12-16-33)35(37)39-22-19-28-20-23-44(24-21-28)26-30-5-3-2-4-6-30/h2-18,28H,19-26H2,1H3,(H2,37,39)(H2,38,40)(H,41,42). The number of likely N-dealkylation sites (tertiary alicyclic amines) is 1. The van der Waals surface area contributed by atoms with Crippen molar-refractivity contribution in [2.45, 2.75) is 39.3 Å². The molecule has 0 atom stereocenters. The summed E-state index contributed by atoms with van der Waals surface area (Å²) in [6.45, 7) is 6.70. The lowest BCUT2D eigenvalue weighted by Gasteiger charge is -2.31. The molecule has 0 aromatic heterocycles. The van der Waals surface area contributed by atoms with E-state index in [1.54, 1.807) is 0 Å². The summed E-state index contributed by atoms with van der Waals surface area (Å²) in [6.07, 6.45) is 3.52. The van der Waals surface area contributed by atoms with E-state index in [0.717, 1.165) is 55.0 Å². The van der Waals surface area contributed by atoms with Gasteiger partial charge in [0.05, 0.1) is 17.9 Å². The van der Waals surface area contributed by atoms with E-state index in [1.807, 2.05) is 48.5 Å². The number of nitrogens with one attached hydrogen (secondary N) is 1. The molecule has 8 nitrogen and oxygen atoms in total. The highest BCUT2D eigenvalue weighted by Gasteiger charge is 2.18. The molecule has 44 heavy (non-hydrogen) atoms. The SMILES string of the molecule is Cc1ccc(CN=C(N)c2ccc(N=NNc3ccc(C(N)=NCCC4CCN(Cc5ccccc5)CC4)cc3)cc2)cc1. The Morgan fingerprint density at radius 1 is 0.750 bits per heavy atom. The first-order chi connectivity index (χ1) is 21.5. The van der Waals surface area contributed by atoms with Crippen LogP contribution in [0.1, 0.15) is 47.1 Å². The molecule has 4 aromatic rings. The van der Waals surface area contributed by atoms with E-state index in [9.17, 15) is 0 Å². The topological polar surface area (TPSA) is 117 Å². The second-order valence-electron chi connectivity index (χ2n) is 11.4. The molecule has 5 rings (SSSR count). The molecule has 0 radical (unpaired) electrons. The van der Waals surface area contributed by atoms with E-state index in [2.05, 4.69) is 92.2 Å². The van der Waals surface area contributed by atoms with Crippen LogP contribution >= 0.6 is 0 Å². The molecule has 0 aliphatic carbocycles. The quantitative estimate of drug-likeness (QED) is 0.0716. The third kappa shape index (κ3) is 9.34. The molecule has 226 valence electrons. The fraction of sp³-hybridized carbons (Fsp3) is 0.278. The highest BCUT2D eigenvalue weighted by atomic mass is 15.4. The van der Waals surface area contributed by atoms with Crippen molar-refractivity contribution in [2.75, 3.05) is 25.1 Å². The van der Waals surface area contributed by atoms with Crippen LogP contribution in [-0.2, 0) is 13.1 Å². The van der Waals surface area contributed by atoms with Crippen molar-refractivity contribution >= 4 is 23.0 Å². The number of hydrogen-bond donors (Lipinski definition) is 3. The minimum atomic E-state index is 0.495. The number of aliphatic imine (C=N–C) groups is 2. The van der Waals surface area contributed by atoms with E-state index in [1.165, 1.54) is 24.0 Å². The van der Waals surface area contributed by atoms with E-state index in [4.69, 9.17) is 11.5 Å². The summed E-state index contributed by atoms with van der Waals surface area (Å²) < 4.78 is 0. The summed E-state index contributed by atoms with van der Waals surface area (Å²) in [7, 11) is 0. The normalized spacial score (nSPS) is 15.1. The van der Waals surface area contributed by atoms with Gasteiger partial charge in [-0.25, -0.2) is 0 Å². The lowest BCUT2D eigenvalue weighted by molar-refractivity contribution is 0.173. The predicted octanol–water partition coefficient (Wildman–Crippen LogP) is 7.02. The molecular formula is C36H42N8. The third-order valence-electron chi connectivity index (χ3n) is 8.02. The maximum Gasteiger partial charge on any atom is 0.125 e. The average molecular weight is 587 g/mol. The highest BCUT2D eigenvalue weighted by Crippen LogP contribution is 2.22. The Hall–Kier alpha value is -4.82. The first kappa shape index (κ1) is 30.6. The Balaban J connectivity index is 1.03. The molecule has 8 heteroatoms. The number of piperidine rings is 1. The second kappa shape index (κ2) is 15.6. The number of anilines is 1. The van der Waals surface area contributed by atoms with Crippen LogP contribution in [0.5, 0.6) is 0 Å². The number of benzene rings is 4. The van der Waals surface area contributed by atoms with Gasteiger partial charge in [-0.05, 0) is 105 Å². The number of rotatable bonds is 12. The van der Waals surface area contributed by atoms with E-state index in [0.29, 0.717) is 29.8 Å². The van der Waals surface area contributed by atoms with Gasteiger partial charge in [0.25, 0.3) is 0 Å². The lowest BCUT2D eigenvalue weighted by Crippen LogP contribution is -2.33. The van der Waals surface area contributed by atoms with Crippen LogP contribution in [0.15, 0.2) is 123 Å². The highest BCUT2D eigenvalue weighted by molar-refractivity contribution is 5.98. The van der Waals surface area contributed by atoms with Gasteiger partial charge in [0.15, 0.2) is 0 Å². The zero-order valence-electron chi connectivity index (χ0n) is 25.4. The Morgan fingerprint density at radius 3 is 2.07 bits per heavy atom. The van der Waals surface area contributed by atoms with Crippen molar-refractivity contribution in [3.05, 3.63) is 131 Å². The predicted molar refractivity (Wildman–Crippen MR) is 181 cm³/mol. The monoisotopic (exact) mass is 586 g/mol. The summed E-state index contributed by atoms with van der Waals surface area (Å²) in [6, 6.07) is 34.3. The van der Waals surface area contributed by atoms with Gasteiger partial charge in [-0.15, -0.1) is 5.11 Å². The first-order valence-corrected chi connectivity index (χ1v) is 15.3. The van der Waals surface area contributed by atoms with Gasteiger partial charge < -0.3 is 11.5 Å². The molecule has 1 saturated heterocycles. The second-order valence-corrected chi connectivity index (χ2v) is 11.4. The molecule has 0 unspecified atom stereocenters. The number of hydrogen-bond acceptors (Lipinski definition) is 5. The molecule has 1 heterocycles. The molecule has 1 aliphatic rings. The van der Waals surface area contributed by atoms with E-state index < -0.39 is 0 Å². The zero-order chi connectivity index (χ0) is 30.6. The van der Waals surface area contributed by atoms with Gasteiger partial charge in [0.1, 0.15) is 11.7 Å². The molecule has 0 bridgehead atoms. The molecule has 5 N–H and O–H groups in total. The molecule has 4 aromatic carbocycles. The smallest absolute Gasteiger partial charge is 0.125 e. The van der Waals surface area contributed by atoms with Crippen molar-refractivity contribution in [3.8, 4) is 0 Å². The van der Waals surface area contributed by atoms with Crippen molar-refractivity contribution in [3.63, 3.8) is 0 Å². The van der Waals surface area contributed by atoms with Crippen molar-refractivity contribution in [1.29, 1.82) is 0 Å². The van der Waals surface area contributed by atoms with Gasteiger partial charge in [0.2, 0.25) is 0 Å². The van der Waals surface area contributed by atoms with Crippen molar-refractivity contribution in [2.24, 2.45) is 37.7 Å². The number of nitrogens with zero attached hydrogens (tertiary/aromatic N) is 5. The minimum absolute atomic E-state index is 0.495. The lowest BCUT2D eigenvalue weighted by atomic mass is 9.93. The van der Waals surface area contributed by atoms with Crippen molar-refractivity contribution < 1.29 is 0 Å². The van der Waals surface area contributed by atoms with Gasteiger partial charge in [-0.3, -0.25) is 20.3 Å².